The lowest BCUT2D eigenvalue weighted by Gasteiger charge is -2.07. The molecule has 0 aliphatic heterocycles. The Morgan fingerprint density at radius 1 is 0.943 bits per heavy atom. The molecule has 0 unspecified atom stereocenters. The van der Waals surface area contributed by atoms with E-state index in [0.717, 1.165) is 38.6 Å². The quantitative estimate of drug-likeness (QED) is 0.243. The second-order valence-electron chi connectivity index (χ2n) is 8.24. The van der Waals surface area contributed by atoms with Crippen molar-refractivity contribution in [3.05, 3.63) is 101 Å². The third-order valence-corrected chi connectivity index (χ3v) is 6.23. The number of carbonyl (C=O) groups excluding carboxylic acids is 1. The maximum absolute atomic E-state index is 12.8. The van der Waals surface area contributed by atoms with Crippen LogP contribution in [0.15, 0.2) is 85.2 Å². The second kappa shape index (κ2) is 8.70. The van der Waals surface area contributed by atoms with Crippen molar-refractivity contribution in [2.45, 2.75) is 6.42 Å². The van der Waals surface area contributed by atoms with Crippen LogP contribution >= 0.6 is 11.6 Å². The number of nitrogens with zero attached hydrogens (tertiary/aromatic N) is 3. The Morgan fingerprint density at radius 3 is 2.77 bits per heavy atom. The number of rotatable bonds is 6. The van der Waals surface area contributed by atoms with Gasteiger partial charge in [0.25, 0.3) is 0 Å². The third-order valence-electron chi connectivity index (χ3n) is 5.86. The average molecular weight is 479 g/mol. The fourth-order valence-corrected chi connectivity index (χ4v) is 4.26. The zero-order valence-electron chi connectivity index (χ0n) is 18.4. The number of carbonyl (C=O) groups is 1. The van der Waals surface area contributed by atoms with Crippen LogP contribution in [0.3, 0.4) is 0 Å². The minimum absolute atomic E-state index is 0.0205. The molecule has 0 fully saturated rings. The van der Waals surface area contributed by atoms with Crippen LogP contribution in [0, 0.1) is 0 Å². The van der Waals surface area contributed by atoms with Crippen LogP contribution in [0.1, 0.15) is 16.1 Å². The van der Waals surface area contributed by atoms with Gasteiger partial charge >= 0.3 is 0 Å². The fraction of sp³-hybridized carbons (Fsp3) is 0.0370. The molecule has 0 aliphatic carbocycles. The Kier molecular flexibility index (Phi) is 5.24. The van der Waals surface area contributed by atoms with Crippen molar-refractivity contribution in [3.63, 3.8) is 0 Å². The molecular weight excluding hydrogens is 460 g/mol. The molecule has 0 radical (unpaired) electrons. The zero-order valence-corrected chi connectivity index (χ0v) is 19.2. The van der Waals surface area contributed by atoms with E-state index < -0.39 is 0 Å². The molecule has 170 valence electrons. The molecule has 3 aromatic carbocycles. The minimum Gasteiger partial charge on any atom is -0.352 e. The summed E-state index contributed by atoms with van der Waals surface area (Å²) in [7, 11) is 0. The predicted molar refractivity (Wildman–Crippen MR) is 138 cm³/mol. The Morgan fingerprint density at radius 2 is 1.86 bits per heavy atom. The summed E-state index contributed by atoms with van der Waals surface area (Å²) in [6.45, 7) is 0. The van der Waals surface area contributed by atoms with Crippen LogP contribution in [0.4, 0.5) is 11.5 Å². The molecule has 0 amide bonds. The summed E-state index contributed by atoms with van der Waals surface area (Å²) in [5, 5.41) is 12.9. The summed E-state index contributed by atoms with van der Waals surface area (Å²) in [5.41, 5.74) is 4.93. The summed E-state index contributed by atoms with van der Waals surface area (Å²) in [5.74, 6) is 1.24. The van der Waals surface area contributed by atoms with Crippen LogP contribution in [-0.4, -0.2) is 30.9 Å². The van der Waals surface area contributed by atoms with Gasteiger partial charge in [0.05, 0.1) is 17.4 Å². The summed E-state index contributed by atoms with van der Waals surface area (Å²) >= 11 is 6.22. The number of fused-ring (bicyclic) bond motifs is 2. The molecule has 3 heterocycles. The highest BCUT2D eigenvalue weighted by Crippen LogP contribution is 2.26. The number of hydrogen-bond donors (Lipinski definition) is 3. The van der Waals surface area contributed by atoms with Gasteiger partial charge in [-0.15, -0.1) is 0 Å². The molecule has 0 spiro atoms. The molecule has 3 N–H and O–H groups in total. The first-order chi connectivity index (χ1) is 17.1. The van der Waals surface area contributed by atoms with Crippen LogP contribution in [0.2, 0.25) is 5.02 Å². The number of Topliss-reactive ketones (excluding diaryl/α,β-unsaturated/α-hetero) is 1. The molecule has 35 heavy (non-hydrogen) atoms. The number of anilines is 2. The van der Waals surface area contributed by atoms with Crippen molar-refractivity contribution in [1.29, 1.82) is 0 Å². The zero-order chi connectivity index (χ0) is 23.8. The highest BCUT2D eigenvalue weighted by atomic mass is 35.5. The van der Waals surface area contributed by atoms with Gasteiger partial charge in [0.2, 0.25) is 0 Å². The first-order valence-electron chi connectivity index (χ1n) is 11.1. The van der Waals surface area contributed by atoms with E-state index >= 15 is 0 Å². The summed E-state index contributed by atoms with van der Waals surface area (Å²) in [6.07, 6.45) is 3.74. The van der Waals surface area contributed by atoms with Crippen molar-refractivity contribution in [1.82, 2.24) is 25.1 Å². The summed E-state index contributed by atoms with van der Waals surface area (Å²) in [6, 6.07) is 22.9. The first-order valence-corrected chi connectivity index (χ1v) is 11.4. The number of aromatic nitrogens is 5. The van der Waals surface area contributed by atoms with Gasteiger partial charge in [-0.05, 0) is 48.0 Å². The normalized spacial score (nSPS) is 11.2. The highest BCUT2D eigenvalue weighted by Gasteiger charge is 2.13. The third kappa shape index (κ3) is 4.25. The number of ketones is 1. The van der Waals surface area contributed by atoms with Crippen LogP contribution in [0.25, 0.3) is 33.2 Å². The number of benzene rings is 3. The van der Waals surface area contributed by atoms with E-state index in [9.17, 15) is 4.79 Å². The largest absolute Gasteiger partial charge is 0.352 e. The number of aromatic amines is 2. The van der Waals surface area contributed by atoms with Gasteiger partial charge in [0, 0.05) is 45.2 Å². The molecule has 0 saturated carbocycles. The molecule has 7 nitrogen and oxygen atoms in total. The monoisotopic (exact) mass is 478 g/mol. The highest BCUT2D eigenvalue weighted by molar-refractivity contribution is 6.31. The lowest BCUT2D eigenvalue weighted by Crippen LogP contribution is -2.04. The first kappa shape index (κ1) is 21.1. The fourth-order valence-electron chi connectivity index (χ4n) is 4.06. The van der Waals surface area contributed by atoms with E-state index in [1.54, 1.807) is 18.5 Å². The molecule has 6 aromatic rings. The van der Waals surface area contributed by atoms with Gasteiger partial charge in [0.15, 0.2) is 11.6 Å². The van der Waals surface area contributed by atoms with E-state index in [2.05, 4.69) is 30.5 Å². The smallest absolute Gasteiger partial charge is 0.183 e. The van der Waals surface area contributed by atoms with Crippen molar-refractivity contribution in [2.75, 3.05) is 5.32 Å². The van der Waals surface area contributed by atoms with E-state index in [1.807, 2.05) is 66.7 Å². The molecule has 0 atom stereocenters. The molecule has 0 aliphatic rings. The lowest BCUT2D eigenvalue weighted by molar-refractivity contribution is 0.0989. The van der Waals surface area contributed by atoms with E-state index in [4.69, 9.17) is 11.6 Å². The van der Waals surface area contributed by atoms with Gasteiger partial charge in [-0.2, -0.15) is 5.10 Å². The van der Waals surface area contributed by atoms with E-state index in [0.29, 0.717) is 22.4 Å². The molecule has 0 saturated heterocycles. The van der Waals surface area contributed by atoms with E-state index in [-0.39, 0.29) is 12.2 Å². The van der Waals surface area contributed by atoms with Gasteiger partial charge in [0.1, 0.15) is 5.82 Å². The van der Waals surface area contributed by atoms with Crippen LogP contribution in [0.5, 0.6) is 0 Å². The predicted octanol–water partition coefficient (Wildman–Crippen LogP) is 6.32. The van der Waals surface area contributed by atoms with Crippen molar-refractivity contribution in [2.24, 2.45) is 0 Å². The molecular formula is C27H19ClN6O. The maximum atomic E-state index is 12.8. The number of nitrogens with one attached hydrogen (secondary N) is 3. The SMILES string of the molecule is O=C(Cc1ccccc1Cl)c1cc2ccc(-c3nccc(Nc4ccc5[nH]ncc5c4)n3)cc2[nH]1. The second-order valence-corrected chi connectivity index (χ2v) is 8.65. The molecule has 0 bridgehead atoms. The Balaban J connectivity index is 1.25. The Hall–Kier alpha value is -4.49. The van der Waals surface area contributed by atoms with Crippen LogP contribution in [-0.2, 0) is 6.42 Å². The molecule has 6 rings (SSSR count). The number of hydrogen-bond acceptors (Lipinski definition) is 5. The molecule has 8 heteroatoms. The number of H-pyrrole nitrogens is 2. The molecule has 3 aromatic heterocycles. The van der Waals surface area contributed by atoms with Gasteiger partial charge < -0.3 is 10.3 Å². The standard InChI is InChI=1S/C27H19ClN6O/c28-21-4-2-1-3-16(21)14-25(35)24-12-17-5-6-18(13-23(17)32-24)27-29-10-9-26(33-27)31-20-7-8-22-19(11-20)15-30-34-22/h1-13,15,32H,14H2,(H,30,34)(H,29,31,33). The summed E-state index contributed by atoms with van der Waals surface area (Å²) in [4.78, 5) is 25.2. The van der Waals surface area contributed by atoms with E-state index in [1.165, 1.54) is 0 Å². The van der Waals surface area contributed by atoms with Gasteiger partial charge in [-0.1, -0.05) is 41.9 Å². The van der Waals surface area contributed by atoms with Crippen LogP contribution < -0.4 is 5.32 Å². The Bertz CT molecular complexity index is 1700. The Labute approximate surface area is 205 Å². The van der Waals surface area contributed by atoms with Crippen molar-refractivity contribution >= 4 is 50.7 Å². The summed E-state index contributed by atoms with van der Waals surface area (Å²) < 4.78 is 0. The number of halogens is 1. The minimum atomic E-state index is -0.0205. The maximum Gasteiger partial charge on any atom is 0.183 e. The average Bonchev–Trinajstić information content (AvgIpc) is 3.52. The van der Waals surface area contributed by atoms with Crippen molar-refractivity contribution in [3.8, 4) is 11.4 Å². The topological polar surface area (TPSA) is 99.3 Å². The lowest BCUT2D eigenvalue weighted by atomic mass is 10.1. The van der Waals surface area contributed by atoms with Gasteiger partial charge in [-0.3, -0.25) is 9.89 Å². The van der Waals surface area contributed by atoms with Gasteiger partial charge in [-0.25, -0.2) is 9.97 Å². The van der Waals surface area contributed by atoms with Crippen molar-refractivity contribution < 1.29 is 4.79 Å².